The summed E-state index contributed by atoms with van der Waals surface area (Å²) in [4.78, 5) is 8.65. The van der Waals surface area contributed by atoms with Crippen LogP contribution in [-0.2, 0) is 6.54 Å². The normalized spacial score (nSPS) is 32.2. The van der Waals surface area contributed by atoms with Gasteiger partial charge in [-0.3, -0.25) is 9.97 Å². The van der Waals surface area contributed by atoms with Gasteiger partial charge >= 0.3 is 0 Å². The van der Waals surface area contributed by atoms with Crippen LogP contribution in [0, 0.1) is 18.8 Å². The van der Waals surface area contributed by atoms with E-state index >= 15 is 0 Å². The molecule has 0 amide bonds. The van der Waals surface area contributed by atoms with Crippen LogP contribution in [0.1, 0.15) is 37.1 Å². The molecular weight excluding hydrogens is 198 g/mol. The summed E-state index contributed by atoms with van der Waals surface area (Å²) in [6.45, 7) is 2.85. The van der Waals surface area contributed by atoms with E-state index in [0.717, 1.165) is 35.8 Å². The lowest BCUT2D eigenvalue weighted by molar-refractivity contribution is 0.349. The average Bonchev–Trinajstić information content (AvgIpc) is 2.90. The van der Waals surface area contributed by atoms with Gasteiger partial charge in [0.15, 0.2) is 0 Å². The average molecular weight is 217 g/mol. The van der Waals surface area contributed by atoms with Gasteiger partial charge in [0.05, 0.1) is 11.4 Å². The third-order valence-corrected chi connectivity index (χ3v) is 4.12. The molecule has 2 bridgehead atoms. The largest absolute Gasteiger partial charge is 0.308 e. The Kier molecular flexibility index (Phi) is 2.64. The van der Waals surface area contributed by atoms with E-state index in [2.05, 4.69) is 15.3 Å². The Bertz CT molecular complexity index is 360. The molecule has 2 aliphatic carbocycles. The lowest BCUT2D eigenvalue weighted by Crippen LogP contribution is -2.33. The van der Waals surface area contributed by atoms with E-state index in [9.17, 15) is 0 Å². The van der Waals surface area contributed by atoms with Crippen LogP contribution in [0.3, 0.4) is 0 Å². The third-order valence-electron chi connectivity index (χ3n) is 4.12. The van der Waals surface area contributed by atoms with Crippen molar-refractivity contribution in [2.45, 2.75) is 45.2 Å². The Balaban J connectivity index is 1.55. The summed E-state index contributed by atoms with van der Waals surface area (Å²) in [7, 11) is 0. The third kappa shape index (κ3) is 1.96. The van der Waals surface area contributed by atoms with Gasteiger partial charge in [0.25, 0.3) is 0 Å². The summed E-state index contributed by atoms with van der Waals surface area (Å²) in [6.07, 6.45) is 9.46. The Hall–Kier alpha value is -0.960. The van der Waals surface area contributed by atoms with E-state index in [1.165, 1.54) is 25.7 Å². The summed E-state index contributed by atoms with van der Waals surface area (Å²) in [5, 5.41) is 3.65. The Morgan fingerprint density at radius 1 is 1.25 bits per heavy atom. The molecule has 0 radical (unpaired) electrons. The smallest absolute Gasteiger partial charge is 0.0724 e. The minimum Gasteiger partial charge on any atom is -0.308 e. The van der Waals surface area contributed by atoms with Crippen LogP contribution in [-0.4, -0.2) is 16.0 Å². The van der Waals surface area contributed by atoms with Gasteiger partial charge in [0, 0.05) is 25.0 Å². The number of aryl methyl sites for hydroxylation is 1. The second-order valence-electron chi connectivity index (χ2n) is 5.31. The molecule has 2 saturated carbocycles. The molecule has 3 atom stereocenters. The highest BCUT2D eigenvalue weighted by Crippen LogP contribution is 2.44. The number of aromatic nitrogens is 2. The van der Waals surface area contributed by atoms with Crippen molar-refractivity contribution in [1.82, 2.24) is 15.3 Å². The van der Waals surface area contributed by atoms with E-state index in [4.69, 9.17) is 0 Å². The molecule has 16 heavy (non-hydrogen) atoms. The van der Waals surface area contributed by atoms with Gasteiger partial charge in [-0.15, -0.1) is 0 Å². The number of rotatable bonds is 3. The molecule has 3 nitrogen and oxygen atoms in total. The number of hydrogen-bond donors (Lipinski definition) is 1. The molecule has 0 aliphatic heterocycles. The highest BCUT2D eigenvalue weighted by atomic mass is 15.0. The fraction of sp³-hybridized carbons (Fsp3) is 0.692. The molecular formula is C13H19N3. The summed E-state index contributed by atoms with van der Waals surface area (Å²) in [6, 6.07) is 0.738. The molecule has 1 N–H and O–H groups in total. The summed E-state index contributed by atoms with van der Waals surface area (Å²) in [5.74, 6) is 1.94. The van der Waals surface area contributed by atoms with Gasteiger partial charge in [-0.2, -0.15) is 0 Å². The predicted molar refractivity (Wildman–Crippen MR) is 62.8 cm³/mol. The van der Waals surface area contributed by atoms with Crippen LogP contribution < -0.4 is 5.32 Å². The lowest BCUT2D eigenvalue weighted by atomic mass is 9.95. The van der Waals surface area contributed by atoms with Crippen molar-refractivity contribution in [3.8, 4) is 0 Å². The van der Waals surface area contributed by atoms with Crippen LogP contribution in [0.25, 0.3) is 0 Å². The van der Waals surface area contributed by atoms with Crippen molar-refractivity contribution < 1.29 is 0 Å². The summed E-state index contributed by atoms with van der Waals surface area (Å²) in [5.41, 5.74) is 2.05. The Labute approximate surface area is 96.7 Å². The van der Waals surface area contributed by atoms with Crippen LogP contribution in [0.5, 0.6) is 0 Å². The first-order valence-corrected chi connectivity index (χ1v) is 6.32. The zero-order valence-electron chi connectivity index (χ0n) is 9.82. The standard InChI is InChI=1S/C13H19N3/c1-9-6-15-12(7-14-9)8-16-13-5-10-2-3-11(13)4-10/h6-7,10-11,13,16H,2-5,8H2,1H3. The second-order valence-corrected chi connectivity index (χ2v) is 5.31. The van der Waals surface area contributed by atoms with Crippen LogP contribution in [0.4, 0.5) is 0 Å². The van der Waals surface area contributed by atoms with E-state index in [-0.39, 0.29) is 0 Å². The van der Waals surface area contributed by atoms with Gasteiger partial charge in [0.1, 0.15) is 0 Å². The lowest BCUT2D eigenvalue weighted by Gasteiger charge is -2.22. The van der Waals surface area contributed by atoms with Crippen molar-refractivity contribution in [2.24, 2.45) is 11.8 Å². The highest BCUT2D eigenvalue weighted by molar-refractivity contribution is 5.02. The van der Waals surface area contributed by atoms with Gasteiger partial charge in [-0.25, -0.2) is 0 Å². The summed E-state index contributed by atoms with van der Waals surface area (Å²) < 4.78 is 0. The minimum absolute atomic E-state index is 0.738. The van der Waals surface area contributed by atoms with E-state index in [1.54, 1.807) is 0 Å². The maximum atomic E-state index is 4.38. The molecule has 0 aromatic carbocycles. The molecule has 3 rings (SSSR count). The number of nitrogens with one attached hydrogen (secondary N) is 1. The summed E-state index contributed by atoms with van der Waals surface area (Å²) >= 11 is 0. The van der Waals surface area contributed by atoms with Gasteiger partial charge < -0.3 is 5.32 Å². The van der Waals surface area contributed by atoms with Crippen LogP contribution in [0.2, 0.25) is 0 Å². The zero-order valence-corrected chi connectivity index (χ0v) is 9.82. The topological polar surface area (TPSA) is 37.8 Å². The van der Waals surface area contributed by atoms with E-state index < -0.39 is 0 Å². The van der Waals surface area contributed by atoms with Gasteiger partial charge in [-0.05, 0) is 38.0 Å². The van der Waals surface area contributed by atoms with Gasteiger partial charge in [-0.1, -0.05) is 6.42 Å². The molecule has 2 aliphatic rings. The quantitative estimate of drug-likeness (QED) is 0.842. The maximum absolute atomic E-state index is 4.38. The first-order valence-electron chi connectivity index (χ1n) is 6.32. The van der Waals surface area contributed by atoms with E-state index in [0.29, 0.717) is 0 Å². The second kappa shape index (κ2) is 4.13. The molecule has 1 aromatic heterocycles. The van der Waals surface area contributed by atoms with Crippen molar-refractivity contribution in [2.75, 3.05) is 0 Å². The fourth-order valence-corrected chi connectivity index (χ4v) is 3.24. The molecule has 86 valence electrons. The zero-order chi connectivity index (χ0) is 11.0. The fourth-order valence-electron chi connectivity index (χ4n) is 3.24. The Morgan fingerprint density at radius 2 is 2.19 bits per heavy atom. The molecule has 0 spiro atoms. The molecule has 0 saturated heterocycles. The molecule has 3 unspecified atom stereocenters. The first kappa shape index (κ1) is 10.2. The first-order chi connectivity index (χ1) is 7.81. The molecule has 1 aromatic rings. The van der Waals surface area contributed by atoms with Crippen molar-refractivity contribution in [3.63, 3.8) is 0 Å². The van der Waals surface area contributed by atoms with Crippen LogP contribution in [0.15, 0.2) is 12.4 Å². The van der Waals surface area contributed by atoms with Crippen LogP contribution >= 0.6 is 0 Å². The van der Waals surface area contributed by atoms with E-state index in [1.807, 2.05) is 19.3 Å². The van der Waals surface area contributed by atoms with Crippen molar-refractivity contribution in [1.29, 1.82) is 0 Å². The molecule has 3 heteroatoms. The van der Waals surface area contributed by atoms with Gasteiger partial charge in [0.2, 0.25) is 0 Å². The minimum atomic E-state index is 0.738. The Morgan fingerprint density at radius 3 is 2.81 bits per heavy atom. The van der Waals surface area contributed by atoms with Crippen molar-refractivity contribution >= 4 is 0 Å². The molecule has 2 fully saturated rings. The molecule has 1 heterocycles. The number of fused-ring (bicyclic) bond motifs is 2. The maximum Gasteiger partial charge on any atom is 0.0724 e. The SMILES string of the molecule is Cc1cnc(CNC2CC3CCC2C3)cn1. The number of hydrogen-bond acceptors (Lipinski definition) is 3. The predicted octanol–water partition coefficient (Wildman–Crippen LogP) is 2.06. The monoisotopic (exact) mass is 217 g/mol. The van der Waals surface area contributed by atoms with Crippen molar-refractivity contribution in [3.05, 3.63) is 23.8 Å². The number of nitrogens with zero attached hydrogens (tertiary/aromatic N) is 2. The highest BCUT2D eigenvalue weighted by Gasteiger charge is 2.38.